The lowest BCUT2D eigenvalue weighted by Gasteiger charge is -2.33. The topological polar surface area (TPSA) is 76.8 Å². The van der Waals surface area contributed by atoms with E-state index in [2.05, 4.69) is 9.84 Å². The van der Waals surface area contributed by atoms with E-state index in [1.165, 1.54) is 12.1 Å². The second kappa shape index (κ2) is 8.08. The summed E-state index contributed by atoms with van der Waals surface area (Å²) in [5, 5.41) is 14.2. The summed E-state index contributed by atoms with van der Waals surface area (Å²) in [6, 6.07) is 3.77. The van der Waals surface area contributed by atoms with Crippen LogP contribution in [-0.4, -0.2) is 50.9 Å². The van der Waals surface area contributed by atoms with Gasteiger partial charge < -0.3 is 19.5 Å². The summed E-state index contributed by atoms with van der Waals surface area (Å²) in [6.45, 7) is 6.55. The van der Waals surface area contributed by atoms with Crippen molar-refractivity contribution in [2.45, 2.75) is 51.6 Å². The number of halogens is 3. The number of nitrogens with zero attached hydrogens (tertiary/aromatic N) is 3. The van der Waals surface area contributed by atoms with Crippen LogP contribution in [0.15, 0.2) is 30.6 Å². The van der Waals surface area contributed by atoms with E-state index in [1.54, 1.807) is 22.0 Å². The van der Waals surface area contributed by atoms with Crippen LogP contribution in [0.5, 0.6) is 11.5 Å². The van der Waals surface area contributed by atoms with Crippen LogP contribution >= 0.6 is 0 Å². The van der Waals surface area contributed by atoms with E-state index in [0.29, 0.717) is 37.1 Å². The van der Waals surface area contributed by atoms with Crippen molar-refractivity contribution >= 4 is 6.09 Å². The SMILES string of the molecule is CC(C)(C)OC(=O)N1CCC(n2cc(-c3ccc(OC(F)(F)F)c(O)c3)cn2)CC1. The highest BCUT2D eigenvalue weighted by molar-refractivity contribution is 5.68. The fraction of sp³-hybridized carbons (Fsp3) is 0.500. The summed E-state index contributed by atoms with van der Waals surface area (Å²) in [5.74, 6) is -1.27. The number of amides is 1. The fourth-order valence-corrected chi connectivity index (χ4v) is 3.23. The summed E-state index contributed by atoms with van der Waals surface area (Å²) < 4.78 is 47.9. The zero-order valence-corrected chi connectivity index (χ0v) is 16.9. The van der Waals surface area contributed by atoms with Crippen molar-refractivity contribution in [3.05, 3.63) is 30.6 Å². The molecule has 1 aliphatic rings. The van der Waals surface area contributed by atoms with Gasteiger partial charge in [0.2, 0.25) is 0 Å². The first kappa shape index (κ1) is 21.8. The van der Waals surface area contributed by atoms with Gasteiger partial charge in [-0.25, -0.2) is 4.79 Å². The summed E-state index contributed by atoms with van der Waals surface area (Å²) in [7, 11) is 0. The molecule has 30 heavy (non-hydrogen) atoms. The molecule has 7 nitrogen and oxygen atoms in total. The van der Waals surface area contributed by atoms with Gasteiger partial charge in [-0.15, -0.1) is 13.2 Å². The average molecular weight is 427 g/mol. The molecule has 0 aliphatic carbocycles. The monoisotopic (exact) mass is 427 g/mol. The van der Waals surface area contributed by atoms with E-state index in [1.807, 2.05) is 20.8 Å². The van der Waals surface area contributed by atoms with Crippen molar-refractivity contribution in [3.63, 3.8) is 0 Å². The predicted octanol–water partition coefficient (Wildman–Crippen LogP) is 4.73. The maximum atomic E-state index is 12.3. The average Bonchev–Trinajstić information content (AvgIpc) is 3.11. The first-order valence-corrected chi connectivity index (χ1v) is 9.52. The van der Waals surface area contributed by atoms with E-state index in [9.17, 15) is 23.1 Å². The van der Waals surface area contributed by atoms with Gasteiger partial charge >= 0.3 is 12.5 Å². The molecule has 1 N–H and O–H groups in total. The Hall–Kier alpha value is -2.91. The standard InChI is InChI=1S/C20H24F3N3O4/c1-19(2,3)30-18(28)25-8-6-15(7-9-25)26-12-14(11-24-26)13-4-5-17(16(27)10-13)29-20(21,22)23/h4-5,10-12,15,27H,6-9H2,1-3H3. The quantitative estimate of drug-likeness (QED) is 0.767. The third-order valence-electron chi connectivity index (χ3n) is 4.61. The van der Waals surface area contributed by atoms with E-state index in [4.69, 9.17) is 4.74 Å². The minimum absolute atomic E-state index is 0.0823. The smallest absolute Gasteiger partial charge is 0.504 e. The minimum atomic E-state index is -4.88. The normalized spacial score (nSPS) is 15.9. The highest BCUT2D eigenvalue weighted by Gasteiger charge is 2.32. The van der Waals surface area contributed by atoms with E-state index >= 15 is 0 Å². The number of hydrogen-bond donors (Lipinski definition) is 1. The maximum Gasteiger partial charge on any atom is 0.573 e. The molecule has 0 spiro atoms. The molecule has 0 bridgehead atoms. The number of carbonyl (C=O) groups excluding carboxylic acids is 1. The molecule has 0 unspecified atom stereocenters. The number of piperidine rings is 1. The van der Waals surface area contributed by atoms with Crippen LogP contribution < -0.4 is 4.74 Å². The van der Waals surface area contributed by atoms with Crippen molar-refractivity contribution in [3.8, 4) is 22.6 Å². The summed E-state index contributed by atoms with van der Waals surface area (Å²) in [6.07, 6.45) is -0.461. The lowest BCUT2D eigenvalue weighted by atomic mass is 10.1. The van der Waals surface area contributed by atoms with Crippen molar-refractivity contribution < 1.29 is 32.5 Å². The Bertz CT molecular complexity index is 897. The molecule has 2 heterocycles. The van der Waals surface area contributed by atoms with Gasteiger partial charge in [0, 0.05) is 24.8 Å². The van der Waals surface area contributed by atoms with Crippen molar-refractivity contribution in [2.24, 2.45) is 0 Å². The summed E-state index contributed by atoms with van der Waals surface area (Å²) in [5.41, 5.74) is 0.620. The molecule has 0 saturated carbocycles. The Morgan fingerprint density at radius 3 is 2.40 bits per heavy atom. The zero-order valence-electron chi connectivity index (χ0n) is 16.9. The molecule has 1 aromatic carbocycles. The van der Waals surface area contributed by atoms with Gasteiger partial charge in [-0.1, -0.05) is 6.07 Å². The Labute approximate surface area is 172 Å². The van der Waals surface area contributed by atoms with Gasteiger partial charge in [0.25, 0.3) is 0 Å². The van der Waals surface area contributed by atoms with Crippen molar-refractivity contribution in [1.82, 2.24) is 14.7 Å². The van der Waals surface area contributed by atoms with Crippen molar-refractivity contribution in [1.29, 1.82) is 0 Å². The molecule has 1 aromatic heterocycles. The van der Waals surface area contributed by atoms with Gasteiger partial charge in [-0.3, -0.25) is 4.68 Å². The molecule has 0 radical (unpaired) electrons. The second-order valence-electron chi connectivity index (χ2n) is 8.14. The first-order chi connectivity index (χ1) is 13.9. The number of benzene rings is 1. The van der Waals surface area contributed by atoms with E-state index < -0.39 is 23.5 Å². The molecule has 1 aliphatic heterocycles. The molecular formula is C20H24F3N3O4. The molecule has 2 aromatic rings. The Kier molecular flexibility index (Phi) is 5.87. The van der Waals surface area contributed by atoms with Crippen LogP contribution in [0.25, 0.3) is 11.1 Å². The highest BCUT2D eigenvalue weighted by atomic mass is 19.4. The van der Waals surface area contributed by atoms with Crippen LogP contribution in [0.4, 0.5) is 18.0 Å². The van der Waals surface area contributed by atoms with Crippen molar-refractivity contribution in [2.75, 3.05) is 13.1 Å². The van der Waals surface area contributed by atoms with Gasteiger partial charge in [-0.2, -0.15) is 5.10 Å². The summed E-state index contributed by atoms with van der Waals surface area (Å²) in [4.78, 5) is 13.8. The number of rotatable bonds is 3. The van der Waals surface area contributed by atoms with E-state index in [0.717, 1.165) is 6.07 Å². The van der Waals surface area contributed by atoms with Crippen LogP contribution in [-0.2, 0) is 4.74 Å². The number of carbonyl (C=O) groups is 1. The van der Waals surface area contributed by atoms with Crippen LogP contribution in [0.2, 0.25) is 0 Å². The van der Waals surface area contributed by atoms with Crippen LogP contribution in [0.3, 0.4) is 0 Å². The Morgan fingerprint density at radius 1 is 1.17 bits per heavy atom. The molecular weight excluding hydrogens is 403 g/mol. The number of phenolic OH excluding ortho intramolecular Hbond substituents is 1. The number of hydrogen-bond acceptors (Lipinski definition) is 5. The van der Waals surface area contributed by atoms with Gasteiger partial charge in [0.1, 0.15) is 5.60 Å². The first-order valence-electron chi connectivity index (χ1n) is 9.52. The second-order valence-corrected chi connectivity index (χ2v) is 8.14. The molecule has 3 rings (SSSR count). The number of phenols is 1. The number of likely N-dealkylation sites (tertiary alicyclic amines) is 1. The maximum absolute atomic E-state index is 12.3. The van der Waals surface area contributed by atoms with Crippen LogP contribution in [0, 0.1) is 0 Å². The van der Waals surface area contributed by atoms with E-state index in [-0.39, 0.29) is 12.1 Å². The zero-order chi connectivity index (χ0) is 22.1. The third-order valence-corrected chi connectivity index (χ3v) is 4.61. The summed E-state index contributed by atoms with van der Waals surface area (Å²) >= 11 is 0. The molecule has 1 saturated heterocycles. The number of aromatic hydroxyl groups is 1. The third kappa shape index (κ3) is 5.58. The van der Waals surface area contributed by atoms with Gasteiger partial charge in [-0.05, 0) is 51.3 Å². The van der Waals surface area contributed by atoms with Gasteiger partial charge in [0.05, 0.1) is 12.2 Å². The Balaban J connectivity index is 1.63. The molecule has 164 valence electrons. The highest BCUT2D eigenvalue weighted by Crippen LogP contribution is 2.35. The molecule has 1 amide bonds. The largest absolute Gasteiger partial charge is 0.573 e. The lowest BCUT2D eigenvalue weighted by molar-refractivity contribution is -0.275. The minimum Gasteiger partial charge on any atom is -0.504 e. The number of alkyl halides is 3. The number of aromatic nitrogens is 2. The molecule has 0 atom stereocenters. The Morgan fingerprint density at radius 2 is 1.83 bits per heavy atom. The predicted molar refractivity (Wildman–Crippen MR) is 102 cm³/mol. The molecule has 10 heteroatoms. The molecule has 1 fully saturated rings. The fourth-order valence-electron chi connectivity index (χ4n) is 3.23. The number of ether oxygens (including phenoxy) is 2. The lowest BCUT2D eigenvalue weighted by Crippen LogP contribution is -2.42. The van der Waals surface area contributed by atoms with Crippen LogP contribution in [0.1, 0.15) is 39.7 Å². The van der Waals surface area contributed by atoms with Gasteiger partial charge in [0.15, 0.2) is 11.5 Å².